The molecule has 328 valence electrons. The standard InChI is InChI=1S/C67H44N2O/c1-4-17-46(18-5-1)54-26-16-27-59-60-43-47(33-42-65(60)70-66(54)59)45-31-34-50(35-32-45)68(51-36-38-52(39-37-51)69-63-29-14-11-24-57(63)58-25-12-15-30-64(58)69)53-40-41-56-55-23-10-13-28-61(55)67(62(56)44-53,48-19-6-2-7-20-48)49-21-8-3-9-22-49/h1-44H. The van der Waals surface area contributed by atoms with Crippen molar-refractivity contribution in [2.75, 3.05) is 4.90 Å². The minimum absolute atomic E-state index is 0.530. The molecule has 3 nitrogen and oxygen atoms in total. The van der Waals surface area contributed by atoms with E-state index in [-0.39, 0.29) is 0 Å². The third-order valence-corrected chi connectivity index (χ3v) is 14.7. The van der Waals surface area contributed by atoms with E-state index in [4.69, 9.17) is 4.42 Å². The molecule has 0 N–H and O–H groups in total. The van der Waals surface area contributed by atoms with E-state index < -0.39 is 5.41 Å². The van der Waals surface area contributed by atoms with E-state index in [0.29, 0.717) is 0 Å². The first-order chi connectivity index (χ1) is 34.7. The van der Waals surface area contributed by atoms with Crippen LogP contribution in [0.3, 0.4) is 0 Å². The zero-order valence-electron chi connectivity index (χ0n) is 38.2. The van der Waals surface area contributed by atoms with Gasteiger partial charge in [0, 0.05) is 49.9 Å². The van der Waals surface area contributed by atoms with Crippen LogP contribution in [-0.2, 0) is 5.41 Å². The molecule has 0 aliphatic heterocycles. The molecule has 1 aliphatic rings. The summed E-state index contributed by atoms with van der Waals surface area (Å²) in [6.45, 7) is 0. The van der Waals surface area contributed by atoms with Gasteiger partial charge in [0.2, 0.25) is 0 Å². The van der Waals surface area contributed by atoms with E-state index in [1.807, 2.05) is 0 Å². The van der Waals surface area contributed by atoms with Crippen molar-refractivity contribution in [3.8, 4) is 39.1 Å². The molecule has 0 saturated carbocycles. The lowest BCUT2D eigenvalue weighted by molar-refractivity contribution is 0.670. The Bertz CT molecular complexity index is 4000. The quantitative estimate of drug-likeness (QED) is 0.152. The zero-order chi connectivity index (χ0) is 46.2. The molecule has 0 fully saturated rings. The maximum atomic E-state index is 6.57. The van der Waals surface area contributed by atoms with Crippen LogP contribution in [0, 0.1) is 0 Å². The lowest BCUT2D eigenvalue weighted by Crippen LogP contribution is -2.28. The molecule has 0 atom stereocenters. The van der Waals surface area contributed by atoms with Gasteiger partial charge < -0.3 is 13.9 Å². The molecule has 0 radical (unpaired) electrons. The Morgan fingerprint density at radius 3 is 1.54 bits per heavy atom. The van der Waals surface area contributed by atoms with Gasteiger partial charge in [0.25, 0.3) is 0 Å². The van der Waals surface area contributed by atoms with Crippen LogP contribution in [0.15, 0.2) is 271 Å². The fraction of sp³-hybridized carbons (Fsp3) is 0.0149. The van der Waals surface area contributed by atoms with Crippen molar-refractivity contribution in [1.82, 2.24) is 4.57 Å². The van der Waals surface area contributed by atoms with Gasteiger partial charge in [-0.3, -0.25) is 0 Å². The van der Waals surface area contributed by atoms with Gasteiger partial charge in [0.05, 0.1) is 16.4 Å². The van der Waals surface area contributed by atoms with Gasteiger partial charge in [-0.25, -0.2) is 0 Å². The molecule has 3 heteroatoms. The van der Waals surface area contributed by atoms with E-state index in [9.17, 15) is 0 Å². The third kappa shape index (κ3) is 6.08. The highest BCUT2D eigenvalue weighted by Gasteiger charge is 2.46. The summed E-state index contributed by atoms with van der Waals surface area (Å²) in [5.41, 5.74) is 20.1. The number of para-hydroxylation sites is 3. The van der Waals surface area contributed by atoms with Gasteiger partial charge in [0.15, 0.2) is 0 Å². The van der Waals surface area contributed by atoms with Gasteiger partial charge >= 0.3 is 0 Å². The monoisotopic (exact) mass is 892 g/mol. The average molecular weight is 893 g/mol. The fourth-order valence-corrected chi connectivity index (χ4v) is 11.6. The summed E-state index contributed by atoms with van der Waals surface area (Å²) < 4.78 is 8.95. The molecule has 13 aromatic rings. The lowest BCUT2D eigenvalue weighted by atomic mass is 9.67. The number of anilines is 3. The van der Waals surface area contributed by atoms with Crippen LogP contribution < -0.4 is 4.90 Å². The maximum Gasteiger partial charge on any atom is 0.143 e. The molecule has 0 spiro atoms. The third-order valence-electron chi connectivity index (χ3n) is 14.7. The van der Waals surface area contributed by atoms with Crippen LogP contribution in [0.25, 0.3) is 82.8 Å². The first kappa shape index (κ1) is 39.9. The van der Waals surface area contributed by atoms with E-state index in [2.05, 4.69) is 276 Å². The number of fused-ring (bicyclic) bond motifs is 9. The molecular weight excluding hydrogens is 849 g/mol. The Hall–Kier alpha value is -9.18. The topological polar surface area (TPSA) is 21.3 Å². The Kier molecular flexibility index (Phi) is 9.11. The number of benzene rings is 11. The summed E-state index contributed by atoms with van der Waals surface area (Å²) >= 11 is 0. The van der Waals surface area contributed by atoms with Crippen molar-refractivity contribution in [2.24, 2.45) is 0 Å². The van der Waals surface area contributed by atoms with E-state index >= 15 is 0 Å². The summed E-state index contributed by atoms with van der Waals surface area (Å²) in [7, 11) is 0. The number of aromatic nitrogens is 1. The van der Waals surface area contributed by atoms with Crippen molar-refractivity contribution < 1.29 is 4.42 Å². The van der Waals surface area contributed by atoms with E-state index in [0.717, 1.165) is 66.9 Å². The minimum atomic E-state index is -0.530. The van der Waals surface area contributed by atoms with Gasteiger partial charge in [-0.1, -0.05) is 194 Å². The lowest BCUT2D eigenvalue weighted by Gasteiger charge is -2.35. The second kappa shape index (κ2) is 16.0. The molecule has 1 aliphatic carbocycles. The molecule has 2 heterocycles. The number of hydrogen-bond donors (Lipinski definition) is 0. The highest BCUT2D eigenvalue weighted by atomic mass is 16.3. The molecule has 2 aromatic heterocycles. The summed E-state index contributed by atoms with van der Waals surface area (Å²) in [6.07, 6.45) is 0. The van der Waals surface area contributed by atoms with Crippen molar-refractivity contribution in [3.05, 3.63) is 289 Å². The normalized spacial score (nSPS) is 12.7. The second-order valence-electron chi connectivity index (χ2n) is 18.4. The van der Waals surface area contributed by atoms with Crippen LogP contribution in [0.1, 0.15) is 22.3 Å². The van der Waals surface area contributed by atoms with Crippen LogP contribution >= 0.6 is 0 Å². The maximum absolute atomic E-state index is 6.57. The van der Waals surface area contributed by atoms with Crippen molar-refractivity contribution >= 4 is 60.8 Å². The molecule has 70 heavy (non-hydrogen) atoms. The average Bonchev–Trinajstić information content (AvgIpc) is 4.08. The predicted octanol–water partition coefficient (Wildman–Crippen LogP) is 17.8. The number of rotatable bonds is 8. The predicted molar refractivity (Wildman–Crippen MR) is 291 cm³/mol. The fourth-order valence-electron chi connectivity index (χ4n) is 11.6. The van der Waals surface area contributed by atoms with E-state index in [1.54, 1.807) is 0 Å². The Morgan fingerprint density at radius 2 is 0.857 bits per heavy atom. The van der Waals surface area contributed by atoms with Crippen molar-refractivity contribution in [3.63, 3.8) is 0 Å². The molecule has 14 rings (SSSR count). The number of furan rings is 1. The molecule has 0 amide bonds. The molecule has 11 aromatic carbocycles. The first-order valence-corrected chi connectivity index (χ1v) is 24.1. The first-order valence-electron chi connectivity index (χ1n) is 24.1. The van der Waals surface area contributed by atoms with Gasteiger partial charge in [-0.2, -0.15) is 0 Å². The van der Waals surface area contributed by atoms with Crippen LogP contribution in [-0.4, -0.2) is 4.57 Å². The Labute approximate surface area is 406 Å². The molecule has 0 unspecified atom stereocenters. The van der Waals surface area contributed by atoms with Gasteiger partial charge in [-0.15, -0.1) is 0 Å². The van der Waals surface area contributed by atoms with Crippen LogP contribution in [0.4, 0.5) is 17.1 Å². The van der Waals surface area contributed by atoms with Crippen LogP contribution in [0.5, 0.6) is 0 Å². The Morgan fingerprint density at radius 1 is 0.329 bits per heavy atom. The smallest absolute Gasteiger partial charge is 0.143 e. The van der Waals surface area contributed by atoms with Crippen molar-refractivity contribution in [2.45, 2.75) is 5.41 Å². The summed E-state index contributed by atoms with van der Waals surface area (Å²) in [6, 6.07) is 97.2. The highest BCUT2D eigenvalue weighted by Crippen LogP contribution is 2.57. The van der Waals surface area contributed by atoms with E-state index in [1.165, 1.54) is 55.2 Å². The zero-order valence-corrected chi connectivity index (χ0v) is 38.2. The summed E-state index contributed by atoms with van der Waals surface area (Å²) in [4.78, 5) is 2.42. The number of nitrogens with zero attached hydrogens (tertiary/aromatic N) is 2. The van der Waals surface area contributed by atoms with Gasteiger partial charge in [0.1, 0.15) is 11.2 Å². The molecule has 0 saturated heterocycles. The van der Waals surface area contributed by atoms with Crippen LogP contribution in [0.2, 0.25) is 0 Å². The SMILES string of the molecule is c1ccc(-c2cccc3c2oc2ccc(-c4ccc(N(c5ccc(-n6c7ccccc7c7ccccc76)cc5)c5ccc6c(c5)C(c5ccccc5)(c5ccccc5)c5ccccc5-6)cc4)cc23)cc1. The second-order valence-corrected chi connectivity index (χ2v) is 18.4. The highest BCUT2D eigenvalue weighted by molar-refractivity contribution is 6.11. The summed E-state index contributed by atoms with van der Waals surface area (Å²) in [5.74, 6) is 0. The molecule has 0 bridgehead atoms. The molecular formula is C67H44N2O. The minimum Gasteiger partial charge on any atom is -0.455 e. The Balaban J connectivity index is 0.929. The summed E-state index contributed by atoms with van der Waals surface area (Å²) in [5, 5.41) is 4.73. The van der Waals surface area contributed by atoms with Gasteiger partial charge in [-0.05, 0) is 123 Å². The van der Waals surface area contributed by atoms with Crippen molar-refractivity contribution in [1.29, 1.82) is 0 Å². The largest absolute Gasteiger partial charge is 0.455 e. The number of hydrogen-bond acceptors (Lipinski definition) is 2.